The first kappa shape index (κ1) is 9.02. The summed E-state index contributed by atoms with van der Waals surface area (Å²) in [6.45, 7) is 0.487. The van der Waals surface area contributed by atoms with E-state index in [0.29, 0.717) is 6.54 Å². The Bertz CT molecular complexity index is 439. The summed E-state index contributed by atoms with van der Waals surface area (Å²) >= 11 is 0. The molecule has 0 aliphatic carbocycles. The van der Waals surface area contributed by atoms with Gasteiger partial charge in [-0.3, -0.25) is 4.68 Å². The van der Waals surface area contributed by atoms with Gasteiger partial charge in [-0.2, -0.15) is 5.10 Å². The second-order valence-corrected chi connectivity index (χ2v) is 3.41. The molecule has 0 saturated heterocycles. The van der Waals surface area contributed by atoms with E-state index in [4.69, 9.17) is 5.73 Å². The average molecular weight is 190 g/mol. The van der Waals surface area contributed by atoms with Crippen molar-refractivity contribution in [1.29, 1.82) is 0 Å². The van der Waals surface area contributed by atoms with Crippen LogP contribution in [0.15, 0.2) is 24.5 Å². The fourth-order valence-corrected chi connectivity index (χ4v) is 1.55. The second-order valence-electron chi connectivity index (χ2n) is 3.41. The number of rotatable bonds is 2. The Balaban J connectivity index is 2.45. The van der Waals surface area contributed by atoms with E-state index in [1.807, 2.05) is 35.6 Å². The fourth-order valence-electron chi connectivity index (χ4n) is 1.55. The quantitative estimate of drug-likeness (QED) is 0.764. The highest BCUT2D eigenvalue weighted by Crippen LogP contribution is 2.19. The Morgan fingerprint density at radius 1 is 1.43 bits per heavy atom. The average Bonchev–Trinajstić information content (AvgIpc) is 2.71. The summed E-state index contributed by atoms with van der Waals surface area (Å²) in [5.74, 6) is 0. The van der Waals surface area contributed by atoms with Gasteiger partial charge in [-0.25, -0.2) is 0 Å². The first-order valence-electron chi connectivity index (χ1n) is 4.56. The Morgan fingerprint density at radius 2 is 2.21 bits per heavy atom. The maximum Gasteiger partial charge on any atom is 0.0766 e. The number of aryl methyl sites for hydroxylation is 2. The minimum atomic E-state index is 0.487. The number of hydrogen-bond donors (Lipinski definition) is 1. The van der Waals surface area contributed by atoms with Gasteiger partial charge in [-0.05, 0) is 12.1 Å². The predicted molar refractivity (Wildman–Crippen MR) is 55.5 cm³/mol. The van der Waals surface area contributed by atoms with Gasteiger partial charge in [0.15, 0.2) is 0 Å². The Hall–Kier alpha value is -1.55. The van der Waals surface area contributed by atoms with Gasteiger partial charge in [0.25, 0.3) is 0 Å². The third-order valence-electron chi connectivity index (χ3n) is 2.27. The van der Waals surface area contributed by atoms with Crippen LogP contribution >= 0.6 is 0 Å². The van der Waals surface area contributed by atoms with E-state index in [1.54, 1.807) is 0 Å². The maximum atomic E-state index is 5.53. The monoisotopic (exact) mass is 190 g/mol. The summed E-state index contributed by atoms with van der Waals surface area (Å²) in [6, 6.07) is 4.09. The van der Waals surface area contributed by atoms with Gasteiger partial charge in [0, 0.05) is 38.6 Å². The van der Waals surface area contributed by atoms with Gasteiger partial charge in [-0.15, -0.1) is 0 Å². The standard InChI is InChI=1S/C10H14N4/c1-13-4-3-8(7-13)10-5-9(6-11)12-14(10)2/h3-5,7H,6,11H2,1-2H3. The van der Waals surface area contributed by atoms with Crippen molar-refractivity contribution in [2.45, 2.75) is 6.54 Å². The van der Waals surface area contributed by atoms with Crippen molar-refractivity contribution in [2.75, 3.05) is 0 Å². The molecule has 74 valence electrons. The minimum Gasteiger partial charge on any atom is -0.357 e. The van der Waals surface area contributed by atoms with E-state index in [2.05, 4.69) is 17.4 Å². The first-order chi connectivity index (χ1) is 6.70. The van der Waals surface area contributed by atoms with E-state index >= 15 is 0 Å². The molecule has 0 aliphatic heterocycles. The van der Waals surface area contributed by atoms with Crippen LogP contribution < -0.4 is 5.73 Å². The molecule has 0 spiro atoms. The topological polar surface area (TPSA) is 48.8 Å². The molecule has 0 unspecified atom stereocenters. The highest BCUT2D eigenvalue weighted by molar-refractivity contribution is 5.59. The Morgan fingerprint density at radius 3 is 2.71 bits per heavy atom. The van der Waals surface area contributed by atoms with Crippen LogP contribution in [0.3, 0.4) is 0 Å². The van der Waals surface area contributed by atoms with Crippen molar-refractivity contribution in [1.82, 2.24) is 14.3 Å². The fraction of sp³-hybridized carbons (Fsp3) is 0.300. The highest BCUT2D eigenvalue weighted by atomic mass is 15.3. The second kappa shape index (κ2) is 3.31. The summed E-state index contributed by atoms with van der Waals surface area (Å²) in [6.07, 6.45) is 4.09. The van der Waals surface area contributed by atoms with Crippen LogP contribution in [0.5, 0.6) is 0 Å². The van der Waals surface area contributed by atoms with Crippen LogP contribution in [-0.2, 0) is 20.6 Å². The molecule has 0 atom stereocenters. The molecule has 14 heavy (non-hydrogen) atoms. The molecule has 4 nitrogen and oxygen atoms in total. The first-order valence-corrected chi connectivity index (χ1v) is 4.56. The molecule has 2 heterocycles. The molecule has 2 N–H and O–H groups in total. The molecule has 2 rings (SSSR count). The largest absolute Gasteiger partial charge is 0.357 e. The lowest BCUT2D eigenvalue weighted by atomic mass is 10.2. The van der Waals surface area contributed by atoms with Crippen LogP contribution in [0.4, 0.5) is 0 Å². The van der Waals surface area contributed by atoms with Crippen LogP contribution in [0.1, 0.15) is 5.69 Å². The maximum absolute atomic E-state index is 5.53. The van der Waals surface area contributed by atoms with Gasteiger partial charge in [0.05, 0.1) is 11.4 Å². The molecule has 0 aliphatic rings. The molecule has 2 aromatic rings. The molecule has 0 radical (unpaired) electrons. The summed E-state index contributed by atoms with van der Waals surface area (Å²) in [5.41, 5.74) is 8.73. The smallest absolute Gasteiger partial charge is 0.0766 e. The molecule has 0 saturated carbocycles. The lowest BCUT2D eigenvalue weighted by Gasteiger charge is -1.96. The molecule has 0 fully saturated rings. The molecular formula is C10H14N4. The van der Waals surface area contributed by atoms with E-state index in [-0.39, 0.29) is 0 Å². The normalized spacial score (nSPS) is 10.8. The number of nitrogens with two attached hydrogens (primary N) is 1. The van der Waals surface area contributed by atoms with Crippen molar-refractivity contribution >= 4 is 0 Å². The highest BCUT2D eigenvalue weighted by Gasteiger charge is 2.06. The van der Waals surface area contributed by atoms with Crippen LogP contribution in [0.2, 0.25) is 0 Å². The SMILES string of the molecule is Cn1ccc(-c2cc(CN)nn2C)c1. The molecule has 0 amide bonds. The summed E-state index contributed by atoms with van der Waals surface area (Å²) in [7, 11) is 3.94. The molecular weight excluding hydrogens is 176 g/mol. The summed E-state index contributed by atoms with van der Waals surface area (Å²) in [5, 5.41) is 4.30. The van der Waals surface area contributed by atoms with Gasteiger partial charge in [0.2, 0.25) is 0 Å². The molecule has 4 heteroatoms. The molecule has 2 aromatic heterocycles. The zero-order valence-electron chi connectivity index (χ0n) is 8.44. The third kappa shape index (κ3) is 1.44. The third-order valence-corrected chi connectivity index (χ3v) is 2.27. The lowest BCUT2D eigenvalue weighted by molar-refractivity contribution is 0.749. The molecule has 0 aromatic carbocycles. The number of aromatic nitrogens is 3. The van der Waals surface area contributed by atoms with Crippen molar-refractivity contribution in [2.24, 2.45) is 19.8 Å². The summed E-state index contributed by atoms with van der Waals surface area (Å²) in [4.78, 5) is 0. The van der Waals surface area contributed by atoms with Crippen molar-refractivity contribution in [3.05, 3.63) is 30.2 Å². The van der Waals surface area contributed by atoms with Gasteiger partial charge < -0.3 is 10.3 Å². The van der Waals surface area contributed by atoms with Crippen molar-refractivity contribution in [3.63, 3.8) is 0 Å². The van der Waals surface area contributed by atoms with Gasteiger partial charge in [-0.1, -0.05) is 0 Å². The number of nitrogens with zero attached hydrogens (tertiary/aromatic N) is 3. The van der Waals surface area contributed by atoms with Crippen LogP contribution in [0, 0.1) is 0 Å². The van der Waals surface area contributed by atoms with E-state index < -0.39 is 0 Å². The van der Waals surface area contributed by atoms with E-state index in [0.717, 1.165) is 11.4 Å². The van der Waals surface area contributed by atoms with Crippen molar-refractivity contribution in [3.8, 4) is 11.3 Å². The van der Waals surface area contributed by atoms with Gasteiger partial charge >= 0.3 is 0 Å². The zero-order chi connectivity index (χ0) is 10.1. The van der Waals surface area contributed by atoms with Crippen LogP contribution in [-0.4, -0.2) is 14.3 Å². The summed E-state index contributed by atoms with van der Waals surface area (Å²) < 4.78 is 3.88. The predicted octanol–water partition coefficient (Wildman–Crippen LogP) is 0.884. The van der Waals surface area contributed by atoms with E-state index in [9.17, 15) is 0 Å². The lowest BCUT2D eigenvalue weighted by Crippen LogP contribution is -1.98. The van der Waals surface area contributed by atoms with Gasteiger partial charge in [0.1, 0.15) is 0 Å². The number of hydrogen-bond acceptors (Lipinski definition) is 2. The van der Waals surface area contributed by atoms with E-state index in [1.165, 1.54) is 5.56 Å². The molecule has 0 bridgehead atoms. The zero-order valence-corrected chi connectivity index (χ0v) is 8.44. The van der Waals surface area contributed by atoms with Crippen molar-refractivity contribution < 1.29 is 0 Å². The Labute approximate surface area is 82.9 Å². The van der Waals surface area contributed by atoms with Crippen LogP contribution in [0.25, 0.3) is 11.3 Å². The Kier molecular flexibility index (Phi) is 2.13. The minimum absolute atomic E-state index is 0.487.